The van der Waals surface area contributed by atoms with E-state index in [0.29, 0.717) is 6.54 Å². The van der Waals surface area contributed by atoms with Gasteiger partial charge in [-0.05, 0) is 30.7 Å². The molecule has 1 amide bonds. The van der Waals surface area contributed by atoms with Crippen molar-refractivity contribution in [2.75, 3.05) is 5.73 Å². The molecule has 0 aliphatic carbocycles. The second-order valence-corrected chi connectivity index (χ2v) is 4.12. The summed E-state index contributed by atoms with van der Waals surface area (Å²) in [6.45, 7) is 2.30. The van der Waals surface area contributed by atoms with Gasteiger partial charge in [0.15, 0.2) is 0 Å². The number of anilines is 1. The Bertz CT molecular complexity index is 504. The van der Waals surface area contributed by atoms with Crippen LogP contribution in [-0.2, 0) is 11.3 Å². The van der Waals surface area contributed by atoms with Crippen molar-refractivity contribution in [2.45, 2.75) is 19.5 Å². The van der Waals surface area contributed by atoms with Crippen molar-refractivity contribution < 1.29 is 4.79 Å². The molecule has 5 nitrogen and oxygen atoms in total. The van der Waals surface area contributed by atoms with E-state index in [2.05, 4.69) is 10.4 Å². The van der Waals surface area contributed by atoms with Gasteiger partial charge in [-0.2, -0.15) is 5.10 Å². The van der Waals surface area contributed by atoms with Gasteiger partial charge < -0.3 is 11.1 Å². The van der Waals surface area contributed by atoms with E-state index >= 15 is 0 Å². The third-order valence-corrected chi connectivity index (χ3v) is 2.75. The maximum absolute atomic E-state index is 11.9. The van der Waals surface area contributed by atoms with Gasteiger partial charge in [0, 0.05) is 24.6 Å². The second-order valence-electron chi connectivity index (χ2n) is 4.12. The van der Waals surface area contributed by atoms with E-state index in [9.17, 15) is 4.79 Å². The van der Waals surface area contributed by atoms with Crippen LogP contribution in [-0.4, -0.2) is 15.7 Å². The van der Waals surface area contributed by atoms with Crippen LogP contribution in [0.1, 0.15) is 18.5 Å². The summed E-state index contributed by atoms with van der Waals surface area (Å²) < 4.78 is 1.62. The van der Waals surface area contributed by atoms with Gasteiger partial charge in [-0.3, -0.25) is 9.48 Å². The average molecular weight is 244 g/mol. The molecule has 0 aliphatic heterocycles. The van der Waals surface area contributed by atoms with Gasteiger partial charge in [0.25, 0.3) is 0 Å². The molecule has 0 aliphatic rings. The fourth-order valence-corrected chi connectivity index (χ4v) is 1.60. The molecule has 0 fully saturated rings. The van der Waals surface area contributed by atoms with Gasteiger partial charge in [-0.1, -0.05) is 12.1 Å². The lowest BCUT2D eigenvalue weighted by atomic mass is 10.2. The van der Waals surface area contributed by atoms with Crippen LogP contribution in [0.4, 0.5) is 5.69 Å². The maximum Gasteiger partial charge on any atom is 0.244 e. The van der Waals surface area contributed by atoms with Crippen LogP contribution in [0.2, 0.25) is 0 Å². The Hall–Kier alpha value is -2.30. The Morgan fingerprint density at radius 3 is 2.78 bits per heavy atom. The van der Waals surface area contributed by atoms with Crippen LogP contribution in [0.25, 0.3) is 0 Å². The number of nitrogens with one attached hydrogen (secondary N) is 1. The first-order valence-corrected chi connectivity index (χ1v) is 5.78. The summed E-state index contributed by atoms with van der Waals surface area (Å²) in [6.07, 6.45) is 3.43. The van der Waals surface area contributed by atoms with Gasteiger partial charge in [0.2, 0.25) is 5.91 Å². The van der Waals surface area contributed by atoms with E-state index in [-0.39, 0.29) is 11.9 Å². The van der Waals surface area contributed by atoms with E-state index in [1.165, 1.54) is 0 Å². The Morgan fingerprint density at radius 2 is 2.17 bits per heavy atom. The number of amides is 1. The molecule has 0 bridgehead atoms. The van der Waals surface area contributed by atoms with Crippen molar-refractivity contribution >= 4 is 11.6 Å². The summed E-state index contributed by atoms with van der Waals surface area (Å²) in [5, 5.41) is 6.91. The molecule has 2 rings (SSSR count). The second kappa shape index (κ2) is 5.35. The number of nitrogen functional groups attached to an aromatic ring is 1. The lowest BCUT2D eigenvalue weighted by Gasteiger charge is -2.12. The Kier molecular flexibility index (Phi) is 3.62. The molecule has 0 saturated heterocycles. The van der Waals surface area contributed by atoms with Crippen molar-refractivity contribution in [1.29, 1.82) is 0 Å². The number of hydrogen-bond donors (Lipinski definition) is 2. The predicted octanol–water partition coefficient (Wildman–Crippen LogP) is 1.34. The smallest absolute Gasteiger partial charge is 0.244 e. The Labute approximate surface area is 106 Å². The number of nitrogens with zero attached hydrogens (tertiary/aromatic N) is 2. The minimum absolute atomic E-state index is 0.0597. The monoisotopic (exact) mass is 244 g/mol. The predicted molar refractivity (Wildman–Crippen MR) is 69.6 cm³/mol. The number of nitrogens with two attached hydrogens (primary N) is 1. The van der Waals surface area contributed by atoms with Crippen molar-refractivity contribution in [3.05, 3.63) is 48.3 Å². The number of aromatic nitrogens is 2. The molecule has 0 radical (unpaired) electrons. The summed E-state index contributed by atoms with van der Waals surface area (Å²) in [6, 6.07) is 8.91. The van der Waals surface area contributed by atoms with Crippen LogP contribution in [0.3, 0.4) is 0 Å². The molecular formula is C13H16N4O. The topological polar surface area (TPSA) is 72.9 Å². The molecule has 94 valence electrons. The number of carbonyl (C=O) groups is 1. The molecule has 1 aromatic heterocycles. The number of benzene rings is 1. The Morgan fingerprint density at radius 1 is 1.44 bits per heavy atom. The minimum Gasteiger partial charge on any atom is -0.399 e. The molecule has 5 heteroatoms. The van der Waals surface area contributed by atoms with E-state index < -0.39 is 0 Å². The first-order chi connectivity index (χ1) is 8.66. The van der Waals surface area contributed by atoms with Crippen LogP contribution < -0.4 is 11.1 Å². The van der Waals surface area contributed by atoms with Crippen molar-refractivity contribution in [3.63, 3.8) is 0 Å². The molecule has 1 unspecified atom stereocenters. The van der Waals surface area contributed by atoms with Crippen molar-refractivity contribution in [3.8, 4) is 0 Å². The summed E-state index contributed by atoms with van der Waals surface area (Å²) in [4.78, 5) is 11.9. The van der Waals surface area contributed by atoms with Crippen molar-refractivity contribution in [2.24, 2.45) is 0 Å². The average Bonchev–Trinajstić information content (AvgIpc) is 2.90. The van der Waals surface area contributed by atoms with Crippen LogP contribution in [0, 0.1) is 0 Å². The lowest BCUT2D eigenvalue weighted by Crippen LogP contribution is -2.30. The van der Waals surface area contributed by atoms with E-state index in [4.69, 9.17) is 5.73 Å². The fourth-order valence-electron chi connectivity index (χ4n) is 1.60. The summed E-state index contributed by atoms with van der Waals surface area (Å²) in [5.74, 6) is -0.0597. The van der Waals surface area contributed by atoms with Gasteiger partial charge in [0.05, 0.1) is 0 Å². The van der Waals surface area contributed by atoms with Gasteiger partial charge in [0.1, 0.15) is 6.04 Å². The summed E-state index contributed by atoms with van der Waals surface area (Å²) in [5.41, 5.74) is 7.33. The first kappa shape index (κ1) is 12.2. The van der Waals surface area contributed by atoms with E-state index in [1.54, 1.807) is 23.1 Å². The third kappa shape index (κ3) is 2.88. The lowest BCUT2D eigenvalue weighted by molar-refractivity contribution is -0.124. The summed E-state index contributed by atoms with van der Waals surface area (Å²) in [7, 11) is 0. The highest BCUT2D eigenvalue weighted by atomic mass is 16.2. The van der Waals surface area contributed by atoms with Crippen LogP contribution >= 0.6 is 0 Å². The molecule has 3 N–H and O–H groups in total. The normalized spacial score (nSPS) is 12.1. The number of carbonyl (C=O) groups excluding carboxylic acids is 1. The molecule has 1 atom stereocenters. The third-order valence-electron chi connectivity index (χ3n) is 2.75. The zero-order valence-electron chi connectivity index (χ0n) is 10.2. The number of hydrogen-bond acceptors (Lipinski definition) is 3. The van der Waals surface area contributed by atoms with Crippen LogP contribution in [0.15, 0.2) is 42.7 Å². The zero-order chi connectivity index (χ0) is 13.0. The first-order valence-electron chi connectivity index (χ1n) is 5.78. The highest BCUT2D eigenvalue weighted by molar-refractivity contribution is 5.79. The SMILES string of the molecule is CC(C(=O)NCc1ccc(N)cc1)n1cccn1. The van der Waals surface area contributed by atoms with E-state index in [0.717, 1.165) is 11.3 Å². The molecule has 0 saturated carbocycles. The molecule has 0 spiro atoms. The fraction of sp³-hybridized carbons (Fsp3) is 0.231. The quantitative estimate of drug-likeness (QED) is 0.797. The largest absolute Gasteiger partial charge is 0.399 e. The molecule has 18 heavy (non-hydrogen) atoms. The zero-order valence-corrected chi connectivity index (χ0v) is 10.2. The minimum atomic E-state index is -0.311. The highest BCUT2D eigenvalue weighted by Gasteiger charge is 2.13. The molecule has 1 heterocycles. The molecule has 2 aromatic rings. The van der Waals surface area contributed by atoms with Crippen molar-refractivity contribution in [1.82, 2.24) is 15.1 Å². The Balaban J connectivity index is 1.90. The molecular weight excluding hydrogens is 228 g/mol. The standard InChI is InChI=1S/C13H16N4O/c1-10(17-8-2-7-16-17)13(18)15-9-11-3-5-12(14)6-4-11/h2-8,10H,9,14H2,1H3,(H,15,18). The van der Waals surface area contributed by atoms with Gasteiger partial charge in [-0.15, -0.1) is 0 Å². The maximum atomic E-state index is 11.9. The number of rotatable bonds is 4. The summed E-state index contributed by atoms with van der Waals surface area (Å²) >= 11 is 0. The molecule has 1 aromatic carbocycles. The van der Waals surface area contributed by atoms with Gasteiger partial charge in [-0.25, -0.2) is 0 Å². The van der Waals surface area contributed by atoms with E-state index in [1.807, 2.05) is 31.2 Å². The van der Waals surface area contributed by atoms with Crippen LogP contribution in [0.5, 0.6) is 0 Å². The highest BCUT2D eigenvalue weighted by Crippen LogP contribution is 2.07. The van der Waals surface area contributed by atoms with Gasteiger partial charge >= 0.3 is 0 Å².